The molecule has 0 radical (unpaired) electrons. The molecule has 3 rings (SSSR count). The number of hydrogen-bond acceptors (Lipinski definition) is 2. The van der Waals surface area contributed by atoms with Crippen LogP contribution in [-0.2, 0) is 4.74 Å². The van der Waals surface area contributed by atoms with Gasteiger partial charge in [-0.1, -0.05) is 24.3 Å². The Bertz CT molecular complexity index is 363. The van der Waals surface area contributed by atoms with Gasteiger partial charge in [0.05, 0.1) is 0 Å². The van der Waals surface area contributed by atoms with Crippen LogP contribution in [0.5, 0.6) is 0 Å². The van der Waals surface area contributed by atoms with Crippen LogP contribution in [0.1, 0.15) is 35.8 Å². The highest BCUT2D eigenvalue weighted by Gasteiger charge is 2.37. The molecule has 2 nitrogen and oxygen atoms in total. The molecular weight excluding hydrogens is 186 g/mol. The molecule has 1 aliphatic carbocycles. The molecule has 1 aliphatic heterocycles. The lowest BCUT2D eigenvalue weighted by atomic mass is 9.98. The summed E-state index contributed by atoms with van der Waals surface area (Å²) < 4.78 is 5.55. The number of rotatable bonds is 1. The third-order valence-electron chi connectivity index (χ3n) is 3.83. The molecule has 2 heteroatoms. The van der Waals surface area contributed by atoms with Crippen LogP contribution in [-0.4, -0.2) is 19.9 Å². The Morgan fingerprint density at radius 2 is 2.07 bits per heavy atom. The van der Waals surface area contributed by atoms with Crippen molar-refractivity contribution in [3.05, 3.63) is 35.4 Å². The van der Waals surface area contributed by atoms with Gasteiger partial charge in [0.25, 0.3) is 0 Å². The second kappa shape index (κ2) is 3.62. The van der Waals surface area contributed by atoms with Crippen molar-refractivity contribution < 1.29 is 4.74 Å². The van der Waals surface area contributed by atoms with Gasteiger partial charge < -0.3 is 4.74 Å². The average Bonchev–Trinajstić information content (AvgIpc) is 2.50. The Morgan fingerprint density at radius 3 is 2.87 bits per heavy atom. The van der Waals surface area contributed by atoms with Crippen LogP contribution < -0.4 is 5.32 Å². The molecular formula is C13H17NO. The van der Waals surface area contributed by atoms with E-state index in [1.165, 1.54) is 18.4 Å². The fraction of sp³-hybridized carbons (Fsp3) is 0.538. The van der Waals surface area contributed by atoms with E-state index in [0.29, 0.717) is 5.92 Å². The molecule has 2 aliphatic rings. The number of methoxy groups -OCH3 is 1. The zero-order valence-electron chi connectivity index (χ0n) is 9.07. The molecule has 0 aromatic heterocycles. The van der Waals surface area contributed by atoms with E-state index in [1.54, 1.807) is 12.7 Å². The predicted octanol–water partition coefficient (Wildman–Crippen LogP) is 2.22. The molecule has 1 N–H and O–H groups in total. The van der Waals surface area contributed by atoms with Gasteiger partial charge in [-0.25, -0.2) is 0 Å². The number of hydrogen-bond donors (Lipinski definition) is 1. The van der Waals surface area contributed by atoms with Gasteiger partial charge in [-0.15, -0.1) is 0 Å². The Kier molecular flexibility index (Phi) is 2.26. The normalized spacial score (nSPS) is 33.5. The lowest BCUT2D eigenvalue weighted by molar-refractivity contribution is 0.0560. The average molecular weight is 203 g/mol. The molecule has 3 unspecified atom stereocenters. The molecule has 0 saturated carbocycles. The molecule has 2 bridgehead atoms. The summed E-state index contributed by atoms with van der Waals surface area (Å²) in [7, 11) is 1.80. The van der Waals surface area contributed by atoms with E-state index in [-0.39, 0.29) is 6.23 Å². The van der Waals surface area contributed by atoms with Crippen molar-refractivity contribution >= 4 is 0 Å². The number of ether oxygens (including phenoxy) is 1. The Hall–Kier alpha value is -0.860. The summed E-state index contributed by atoms with van der Waals surface area (Å²) >= 11 is 0. The highest BCUT2D eigenvalue weighted by molar-refractivity contribution is 5.39. The first-order valence-electron chi connectivity index (χ1n) is 5.75. The minimum absolute atomic E-state index is 0.207. The van der Waals surface area contributed by atoms with Gasteiger partial charge in [0, 0.05) is 13.0 Å². The van der Waals surface area contributed by atoms with Crippen molar-refractivity contribution in [3.8, 4) is 0 Å². The third-order valence-corrected chi connectivity index (χ3v) is 3.83. The van der Waals surface area contributed by atoms with E-state index in [9.17, 15) is 0 Å². The van der Waals surface area contributed by atoms with Gasteiger partial charge in [0.2, 0.25) is 0 Å². The summed E-state index contributed by atoms with van der Waals surface area (Å²) in [4.78, 5) is 0. The molecule has 1 saturated heterocycles. The molecule has 0 spiro atoms. The first-order valence-corrected chi connectivity index (χ1v) is 5.75. The molecule has 1 heterocycles. The second-order valence-electron chi connectivity index (χ2n) is 4.57. The van der Waals surface area contributed by atoms with Crippen LogP contribution >= 0.6 is 0 Å². The van der Waals surface area contributed by atoms with Gasteiger partial charge in [-0.2, -0.15) is 0 Å². The first-order chi connectivity index (χ1) is 7.40. The topological polar surface area (TPSA) is 21.3 Å². The van der Waals surface area contributed by atoms with Crippen molar-refractivity contribution in [2.75, 3.05) is 13.7 Å². The van der Waals surface area contributed by atoms with Crippen molar-refractivity contribution in [2.45, 2.75) is 30.9 Å². The van der Waals surface area contributed by atoms with Crippen molar-refractivity contribution in [3.63, 3.8) is 0 Å². The fourth-order valence-corrected chi connectivity index (χ4v) is 3.13. The van der Waals surface area contributed by atoms with E-state index in [1.807, 2.05) is 0 Å². The van der Waals surface area contributed by atoms with E-state index >= 15 is 0 Å². The Labute approximate surface area is 90.6 Å². The summed E-state index contributed by atoms with van der Waals surface area (Å²) in [5, 5.41) is 3.48. The third kappa shape index (κ3) is 1.40. The molecule has 80 valence electrons. The predicted molar refractivity (Wildman–Crippen MR) is 60.0 cm³/mol. The number of benzene rings is 1. The van der Waals surface area contributed by atoms with Crippen molar-refractivity contribution in [1.29, 1.82) is 0 Å². The zero-order valence-corrected chi connectivity index (χ0v) is 9.07. The molecule has 15 heavy (non-hydrogen) atoms. The summed E-state index contributed by atoms with van der Waals surface area (Å²) in [6.07, 6.45) is 2.71. The van der Waals surface area contributed by atoms with Crippen LogP contribution in [0.2, 0.25) is 0 Å². The molecule has 3 atom stereocenters. The molecule has 1 aromatic rings. The van der Waals surface area contributed by atoms with Gasteiger partial charge in [0.15, 0.2) is 0 Å². The minimum atomic E-state index is 0.207. The maximum Gasteiger partial charge on any atom is 0.114 e. The summed E-state index contributed by atoms with van der Waals surface area (Å²) in [5.74, 6) is 1.30. The summed E-state index contributed by atoms with van der Waals surface area (Å²) in [6.45, 7) is 1.08. The van der Waals surface area contributed by atoms with E-state index in [0.717, 1.165) is 12.5 Å². The fourth-order valence-electron chi connectivity index (χ4n) is 3.13. The van der Waals surface area contributed by atoms with Gasteiger partial charge in [0.1, 0.15) is 6.23 Å². The lowest BCUT2D eigenvalue weighted by Crippen LogP contribution is -2.35. The highest BCUT2D eigenvalue weighted by atomic mass is 16.5. The SMILES string of the molecule is COC1NCCC2CC1c1ccccc12. The van der Waals surface area contributed by atoms with Crippen LogP contribution in [0, 0.1) is 0 Å². The Balaban J connectivity index is 2.04. The van der Waals surface area contributed by atoms with Crippen molar-refractivity contribution in [2.24, 2.45) is 0 Å². The lowest BCUT2D eigenvalue weighted by Gasteiger charge is -2.23. The van der Waals surface area contributed by atoms with Crippen LogP contribution in [0.4, 0.5) is 0 Å². The van der Waals surface area contributed by atoms with E-state index < -0.39 is 0 Å². The number of nitrogens with one attached hydrogen (secondary N) is 1. The highest BCUT2D eigenvalue weighted by Crippen LogP contribution is 2.46. The van der Waals surface area contributed by atoms with Crippen LogP contribution in [0.3, 0.4) is 0 Å². The van der Waals surface area contributed by atoms with E-state index in [2.05, 4.69) is 29.6 Å². The minimum Gasteiger partial charge on any atom is -0.366 e. The van der Waals surface area contributed by atoms with E-state index in [4.69, 9.17) is 4.74 Å². The van der Waals surface area contributed by atoms with Crippen LogP contribution in [0.25, 0.3) is 0 Å². The standard InChI is InChI=1S/C13H17NO/c1-15-13-12-8-9(6-7-14-13)10-4-2-3-5-11(10)12/h2-5,9,12-14H,6-8H2,1H3. The summed E-state index contributed by atoms with van der Waals surface area (Å²) in [5.41, 5.74) is 3.06. The molecule has 1 aromatic carbocycles. The summed E-state index contributed by atoms with van der Waals surface area (Å²) in [6, 6.07) is 8.85. The second-order valence-corrected chi connectivity index (χ2v) is 4.57. The van der Waals surface area contributed by atoms with Crippen LogP contribution in [0.15, 0.2) is 24.3 Å². The van der Waals surface area contributed by atoms with Gasteiger partial charge >= 0.3 is 0 Å². The maximum absolute atomic E-state index is 5.55. The van der Waals surface area contributed by atoms with Crippen molar-refractivity contribution in [1.82, 2.24) is 5.32 Å². The van der Waals surface area contributed by atoms with Gasteiger partial charge in [-0.3, -0.25) is 5.32 Å². The first kappa shape index (κ1) is 9.37. The zero-order chi connectivity index (χ0) is 10.3. The maximum atomic E-state index is 5.55. The smallest absolute Gasteiger partial charge is 0.114 e. The number of fused-ring (bicyclic) bond motifs is 5. The monoisotopic (exact) mass is 203 g/mol. The quantitative estimate of drug-likeness (QED) is 0.755. The molecule has 0 amide bonds. The largest absolute Gasteiger partial charge is 0.366 e. The molecule has 1 fully saturated rings. The van der Waals surface area contributed by atoms with Gasteiger partial charge in [-0.05, 0) is 36.4 Å². The Morgan fingerprint density at radius 1 is 1.27 bits per heavy atom.